The van der Waals surface area contributed by atoms with Crippen molar-refractivity contribution in [1.29, 1.82) is 0 Å². The fourth-order valence-electron chi connectivity index (χ4n) is 3.43. The van der Waals surface area contributed by atoms with Crippen LogP contribution < -0.4 is 9.47 Å². The molecule has 4 aromatic rings. The lowest BCUT2D eigenvalue weighted by molar-refractivity contribution is -0.136. The van der Waals surface area contributed by atoms with E-state index < -0.39 is 11.8 Å². The third-order valence-corrected chi connectivity index (χ3v) is 5.34. The number of carboxylic acids is 1. The lowest BCUT2D eigenvalue weighted by Gasteiger charge is -2.11. The van der Waals surface area contributed by atoms with Gasteiger partial charge >= 0.3 is 5.97 Å². The number of hydrogen-bond donors (Lipinski definition) is 1. The number of pyridine rings is 1. The Morgan fingerprint density at radius 2 is 1.71 bits per heavy atom. The van der Waals surface area contributed by atoms with Crippen LogP contribution in [0, 0.1) is 5.82 Å². The van der Waals surface area contributed by atoms with Gasteiger partial charge in [0, 0.05) is 11.8 Å². The molecule has 3 aromatic carbocycles. The number of aromatic nitrogens is 1. The second-order valence-corrected chi connectivity index (χ2v) is 7.86. The van der Waals surface area contributed by atoms with E-state index in [0.717, 1.165) is 22.2 Å². The number of aliphatic carboxylic acids is 1. The molecule has 6 heteroatoms. The number of allylic oxidation sites excluding steroid dienone is 1. The molecule has 0 aliphatic carbocycles. The van der Waals surface area contributed by atoms with Crippen molar-refractivity contribution in [3.8, 4) is 11.5 Å². The van der Waals surface area contributed by atoms with E-state index in [4.69, 9.17) is 14.6 Å². The highest BCUT2D eigenvalue weighted by Gasteiger charge is 2.09. The molecule has 0 saturated carbocycles. The predicted molar refractivity (Wildman–Crippen MR) is 129 cm³/mol. The van der Waals surface area contributed by atoms with Crippen LogP contribution in [0.5, 0.6) is 11.5 Å². The molecule has 1 aromatic heterocycles. The second-order valence-electron chi connectivity index (χ2n) is 7.86. The maximum Gasteiger partial charge on any atom is 0.303 e. The highest BCUT2D eigenvalue weighted by molar-refractivity contribution is 5.78. The minimum absolute atomic E-state index is 0.0445. The third-order valence-electron chi connectivity index (χ3n) is 5.34. The van der Waals surface area contributed by atoms with Crippen LogP contribution in [0.1, 0.15) is 29.7 Å². The van der Waals surface area contributed by atoms with Crippen LogP contribution in [0.15, 0.2) is 85.4 Å². The lowest BCUT2D eigenvalue weighted by atomic mass is 10.0. The van der Waals surface area contributed by atoms with E-state index >= 15 is 0 Å². The number of fused-ring (bicyclic) bond motifs is 1. The first kappa shape index (κ1) is 23.0. The van der Waals surface area contributed by atoms with Crippen molar-refractivity contribution in [2.45, 2.75) is 26.1 Å². The number of halogens is 1. The average Bonchev–Trinajstić information content (AvgIpc) is 2.85. The molecule has 0 aliphatic heterocycles. The summed E-state index contributed by atoms with van der Waals surface area (Å²) in [4.78, 5) is 15.3. The number of ether oxygens (including phenoxy) is 2. The van der Waals surface area contributed by atoms with Crippen LogP contribution in [0.4, 0.5) is 4.39 Å². The Morgan fingerprint density at radius 1 is 0.912 bits per heavy atom. The summed E-state index contributed by atoms with van der Waals surface area (Å²) in [5.41, 5.74) is 3.78. The van der Waals surface area contributed by atoms with Gasteiger partial charge in [-0.2, -0.15) is 0 Å². The molecule has 0 spiro atoms. The zero-order chi connectivity index (χ0) is 23.9. The van der Waals surface area contributed by atoms with Gasteiger partial charge in [0.2, 0.25) is 0 Å². The van der Waals surface area contributed by atoms with Crippen LogP contribution in [-0.2, 0) is 18.0 Å². The third kappa shape index (κ3) is 5.98. The summed E-state index contributed by atoms with van der Waals surface area (Å²) in [5, 5.41) is 9.86. The van der Waals surface area contributed by atoms with Gasteiger partial charge in [0.15, 0.2) is 11.6 Å². The molecule has 0 bridgehead atoms. The molecule has 0 amide bonds. The zero-order valence-electron chi connectivity index (χ0n) is 18.5. The van der Waals surface area contributed by atoms with Gasteiger partial charge in [0.1, 0.15) is 19.0 Å². The van der Waals surface area contributed by atoms with Crippen molar-refractivity contribution >= 4 is 22.4 Å². The first-order chi connectivity index (χ1) is 16.5. The molecule has 1 N–H and O–H groups in total. The van der Waals surface area contributed by atoms with E-state index in [9.17, 15) is 9.18 Å². The molecule has 0 radical (unpaired) electrons. The van der Waals surface area contributed by atoms with Crippen molar-refractivity contribution in [2.24, 2.45) is 0 Å². The molecule has 172 valence electrons. The summed E-state index contributed by atoms with van der Waals surface area (Å²) in [6.07, 6.45) is 0.220. The van der Waals surface area contributed by atoms with Crippen LogP contribution in [-0.4, -0.2) is 16.1 Å². The molecule has 0 saturated heterocycles. The SMILES string of the molecule is C=C(CCC(=O)O)c1ccc(OCc2ccc(OCc3ccc4ccccc4n3)cc2)c(F)c1. The van der Waals surface area contributed by atoms with Gasteiger partial charge in [-0.05, 0) is 59.5 Å². The first-order valence-electron chi connectivity index (χ1n) is 10.9. The smallest absolute Gasteiger partial charge is 0.303 e. The second kappa shape index (κ2) is 10.6. The van der Waals surface area contributed by atoms with Crippen molar-refractivity contribution in [2.75, 3.05) is 0 Å². The molecule has 0 fully saturated rings. The molecule has 0 aliphatic rings. The van der Waals surface area contributed by atoms with Gasteiger partial charge in [0.05, 0.1) is 11.2 Å². The largest absolute Gasteiger partial charge is 0.487 e. The Bertz CT molecular complexity index is 1320. The van der Waals surface area contributed by atoms with Crippen molar-refractivity contribution in [3.05, 3.63) is 108 Å². The van der Waals surface area contributed by atoms with Crippen LogP contribution in [0.3, 0.4) is 0 Å². The van der Waals surface area contributed by atoms with Gasteiger partial charge in [-0.15, -0.1) is 0 Å². The summed E-state index contributed by atoms with van der Waals surface area (Å²) >= 11 is 0. The summed E-state index contributed by atoms with van der Waals surface area (Å²) in [6.45, 7) is 4.38. The Labute approximate surface area is 197 Å². The van der Waals surface area contributed by atoms with E-state index in [1.165, 1.54) is 12.1 Å². The lowest BCUT2D eigenvalue weighted by Crippen LogP contribution is -2.00. The number of hydrogen-bond acceptors (Lipinski definition) is 4. The standard InChI is InChI=1S/C28H24FNO4/c1-19(6-15-28(31)32)22-10-14-27(25(29)16-22)34-17-20-7-12-24(13-8-20)33-18-23-11-9-21-4-2-3-5-26(21)30-23/h2-5,7-14,16H,1,6,15,17-18H2,(H,31,32). The Kier molecular flexibility index (Phi) is 7.18. The van der Waals surface area contributed by atoms with E-state index in [0.29, 0.717) is 23.5 Å². The number of carbonyl (C=O) groups is 1. The fraction of sp³-hybridized carbons (Fsp3) is 0.143. The highest BCUT2D eigenvalue weighted by Crippen LogP contribution is 2.25. The monoisotopic (exact) mass is 457 g/mol. The molecular weight excluding hydrogens is 433 g/mol. The Balaban J connectivity index is 1.30. The van der Waals surface area contributed by atoms with Gasteiger partial charge in [0.25, 0.3) is 0 Å². The normalized spacial score (nSPS) is 10.7. The summed E-state index contributed by atoms with van der Waals surface area (Å²) in [5.74, 6) is -0.605. The summed E-state index contributed by atoms with van der Waals surface area (Å²) in [6, 6.07) is 23.8. The molecule has 0 unspecified atom stereocenters. The maximum atomic E-state index is 14.4. The van der Waals surface area contributed by atoms with Gasteiger partial charge in [-0.3, -0.25) is 4.79 Å². The van der Waals surface area contributed by atoms with Crippen molar-refractivity contribution in [1.82, 2.24) is 4.98 Å². The van der Waals surface area contributed by atoms with Gasteiger partial charge in [-0.25, -0.2) is 9.37 Å². The topological polar surface area (TPSA) is 68.7 Å². The Hall–Kier alpha value is -4.19. The molecule has 1 heterocycles. The van der Waals surface area contributed by atoms with E-state index in [-0.39, 0.29) is 25.2 Å². The van der Waals surface area contributed by atoms with Crippen LogP contribution in [0.25, 0.3) is 16.5 Å². The number of rotatable bonds is 10. The number of nitrogens with zero attached hydrogens (tertiary/aromatic N) is 1. The van der Waals surface area contributed by atoms with Crippen molar-refractivity contribution in [3.63, 3.8) is 0 Å². The van der Waals surface area contributed by atoms with Gasteiger partial charge < -0.3 is 14.6 Å². The minimum atomic E-state index is -0.914. The molecule has 4 rings (SSSR count). The number of para-hydroxylation sites is 1. The van der Waals surface area contributed by atoms with Gasteiger partial charge in [-0.1, -0.05) is 49.0 Å². The van der Waals surface area contributed by atoms with E-state index in [2.05, 4.69) is 11.6 Å². The molecule has 34 heavy (non-hydrogen) atoms. The van der Waals surface area contributed by atoms with Crippen LogP contribution >= 0.6 is 0 Å². The molecular formula is C28H24FNO4. The minimum Gasteiger partial charge on any atom is -0.487 e. The van der Waals surface area contributed by atoms with E-state index in [1.807, 2.05) is 60.7 Å². The number of carboxylic acid groups (broad SMARTS) is 1. The maximum absolute atomic E-state index is 14.4. The predicted octanol–water partition coefficient (Wildman–Crippen LogP) is 6.41. The fourth-order valence-corrected chi connectivity index (χ4v) is 3.43. The van der Waals surface area contributed by atoms with Crippen molar-refractivity contribution < 1.29 is 23.8 Å². The molecule has 0 atom stereocenters. The first-order valence-corrected chi connectivity index (χ1v) is 10.9. The summed E-state index contributed by atoms with van der Waals surface area (Å²) in [7, 11) is 0. The average molecular weight is 458 g/mol. The Morgan fingerprint density at radius 3 is 2.47 bits per heavy atom. The summed E-state index contributed by atoms with van der Waals surface area (Å²) < 4.78 is 25.9. The molecule has 5 nitrogen and oxygen atoms in total. The highest BCUT2D eigenvalue weighted by atomic mass is 19.1. The quantitative estimate of drug-likeness (QED) is 0.298. The number of benzene rings is 3. The zero-order valence-corrected chi connectivity index (χ0v) is 18.5. The van der Waals surface area contributed by atoms with Crippen LogP contribution in [0.2, 0.25) is 0 Å². The van der Waals surface area contributed by atoms with E-state index in [1.54, 1.807) is 6.07 Å².